The quantitative estimate of drug-likeness (QED) is 0.674. The Morgan fingerprint density at radius 3 is 2.62 bits per heavy atom. The monoisotopic (exact) mass is 364 g/mol. The minimum Gasteiger partial charge on any atom is -0.319 e. The minimum absolute atomic E-state index is 0.0852. The molecular weight excluding hydrogens is 340 g/mol. The third-order valence-electron chi connectivity index (χ3n) is 3.86. The van der Waals surface area contributed by atoms with E-state index in [-0.39, 0.29) is 11.4 Å². The number of urea groups is 1. The van der Waals surface area contributed by atoms with Gasteiger partial charge in [0, 0.05) is 22.1 Å². The summed E-state index contributed by atoms with van der Waals surface area (Å²) in [6, 6.07) is 9.55. The second-order valence-corrected chi connectivity index (χ2v) is 8.59. The first-order valence-corrected chi connectivity index (χ1v) is 9.35. The van der Waals surface area contributed by atoms with Crippen molar-refractivity contribution < 1.29 is 4.79 Å². The second kappa shape index (κ2) is 8.04. The fourth-order valence-electron chi connectivity index (χ4n) is 2.25. The molecule has 2 rings (SSSR count). The summed E-state index contributed by atoms with van der Waals surface area (Å²) in [5.41, 5.74) is 1.83. The molecule has 5 heteroatoms. The Balaban J connectivity index is 2.12. The molecule has 0 fully saturated rings. The number of halogens is 1. The normalized spacial score (nSPS) is 11.4. The van der Waals surface area contributed by atoms with Gasteiger partial charge in [-0.2, -0.15) is 0 Å². The van der Waals surface area contributed by atoms with Gasteiger partial charge in [-0.05, 0) is 47.9 Å². The Morgan fingerprint density at radius 2 is 2.00 bits per heavy atom. The maximum atomic E-state index is 12.8. The maximum absolute atomic E-state index is 12.8. The number of amides is 2. The second-order valence-electron chi connectivity index (χ2n) is 7.15. The highest BCUT2D eigenvalue weighted by molar-refractivity contribution is 7.09. The molecule has 2 amide bonds. The molecule has 3 nitrogen and oxygen atoms in total. The van der Waals surface area contributed by atoms with E-state index in [1.165, 1.54) is 4.88 Å². The molecule has 1 N–H and O–H groups in total. The summed E-state index contributed by atoms with van der Waals surface area (Å²) in [4.78, 5) is 15.9. The number of carbonyl (C=O) groups is 1. The number of hydrogen-bond donors (Lipinski definition) is 1. The molecule has 0 aliphatic rings. The van der Waals surface area contributed by atoms with Crippen molar-refractivity contribution in [2.45, 2.75) is 40.7 Å². The SMILES string of the molecule is Cc1c(Cl)cccc1NC(=O)N(CCC(C)(C)C)Cc1cccs1. The number of thiophene rings is 1. The van der Waals surface area contributed by atoms with E-state index < -0.39 is 0 Å². The average Bonchev–Trinajstić information content (AvgIpc) is 3.00. The molecule has 24 heavy (non-hydrogen) atoms. The van der Waals surface area contributed by atoms with Gasteiger partial charge in [-0.25, -0.2) is 4.79 Å². The predicted octanol–water partition coefficient (Wildman–Crippen LogP) is 6.18. The van der Waals surface area contributed by atoms with Crippen LogP contribution in [0, 0.1) is 12.3 Å². The largest absolute Gasteiger partial charge is 0.322 e. The Bertz CT molecular complexity index is 677. The summed E-state index contributed by atoms with van der Waals surface area (Å²) in [5.74, 6) is 0. The zero-order valence-electron chi connectivity index (χ0n) is 14.7. The molecule has 1 aromatic carbocycles. The third-order valence-corrected chi connectivity index (χ3v) is 5.13. The molecule has 0 unspecified atom stereocenters. The van der Waals surface area contributed by atoms with Crippen molar-refractivity contribution in [1.82, 2.24) is 4.90 Å². The molecule has 1 aromatic heterocycles. The first-order valence-electron chi connectivity index (χ1n) is 8.10. The topological polar surface area (TPSA) is 32.3 Å². The van der Waals surface area contributed by atoms with Crippen LogP contribution in [0.15, 0.2) is 35.7 Å². The summed E-state index contributed by atoms with van der Waals surface area (Å²) in [7, 11) is 0. The van der Waals surface area contributed by atoms with Crippen LogP contribution in [0.25, 0.3) is 0 Å². The maximum Gasteiger partial charge on any atom is 0.322 e. The van der Waals surface area contributed by atoms with Gasteiger partial charge in [0.15, 0.2) is 0 Å². The van der Waals surface area contributed by atoms with Gasteiger partial charge in [0.1, 0.15) is 0 Å². The fraction of sp³-hybridized carbons (Fsp3) is 0.421. The summed E-state index contributed by atoms with van der Waals surface area (Å²) < 4.78 is 0. The molecule has 0 radical (unpaired) electrons. The molecule has 130 valence electrons. The van der Waals surface area contributed by atoms with Crippen LogP contribution in [-0.2, 0) is 6.54 Å². The molecule has 0 saturated heterocycles. The van der Waals surface area contributed by atoms with Crippen LogP contribution >= 0.6 is 22.9 Å². The number of benzene rings is 1. The van der Waals surface area contributed by atoms with Gasteiger partial charge in [0.2, 0.25) is 0 Å². The summed E-state index contributed by atoms with van der Waals surface area (Å²) >= 11 is 7.82. The molecule has 0 atom stereocenters. The van der Waals surface area contributed by atoms with Gasteiger partial charge in [-0.1, -0.05) is 44.5 Å². The van der Waals surface area contributed by atoms with Crippen LogP contribution in [0.1, 0.15) is 37.6 Å². The molecule has 0 aliphatic carbocycles. The van der Waals surface area contributed by atoms with Gasteiger partial charge in [-0.15, -0.1) is 11.3 Å². The van der Waals surface area contributed by atoms with E-state index >= 15 is 0 Å². The molecule has 0 aliphatic heterocycles. The van der Waals surface area contributed by atoms with Gasteiger partial charge in [0.25, 0.3) is 0 Å². The highest BCUT2D eigenvalue weighted by Crippen LogP contribution is 2.25. The van der Waals surface area contributed by atoms with Crippen LogP contribution in [-0.4, -0.2) is 17.5 Å². The van der Waals surface area contributed by atoms with E-state index in [2.05, 4.69) is 32.2 Å². The lowest BCUT2D eigenvalue weighted by molar-refractivity contribution is 0.199. The molecule has 2 aromatic rings. The number of rotatable bonds is 5. The van der Waals surface area contributed by atoms with Crippen LogP contribution in [0.2, 0.25) is 5.02 Å². The van der Waals surface area contributed by atoms with Crippen molar-refractivity contribution in [3.05, 3.63) is 51.2 Å². The zero-order chi connectivity index (χ0) is 17.7. The fourth-order valence-corrected chi connectivity index (χ4v) is 3.14. The first kappa shape index (κ1) is 18.8. The van der Waals surface area contributed by atoms with E-state index in [1.54, 1.807) is 11.3 Å². The number of nitrogens with zero attached hydrogens (tertiary/aromatic N) is 1. The average molecular weight is 365 g/mol. The Morgan fingerprint density at radius 1 is 1.25 bits per heavy atom. The van der Waals surface area contributed by atoms with Gasteiger partial charge in [-0.3, -0.25) is 0 Å². The third kappa shape index (κ3) is 5.53. The van der Waals surface area contributed by atoms with Crippen LogP contribution in [0.3, 0.4) is 0 Å². The predicted molar refractivity (Wildman–Crippen MR) is 104 cm³/mol. The van der Waals surface area contributed by atoms with Crippen molar-refractivity contribution in [1.29, 1.82) is 0 Å². The van der Waals surface area contributed by atoms with E-state index in [0.29, 0.717) is 18.1 Å². The number of hydrogen-bond acceptors (Lipinski definition) is 2. The molecule has 0 bridgehead atoms. The molecule has 0 saturated carbocycles. The molecule has 0 spiro atoms. The highest BCUT2D eigenvalue weighted by Gasteiger charge is 2.19. The van der Waals surface area contributed by atoms with E-state index in [0.717, 1.165) is 17.7 Å². The number of carbonyl (C=O) groups excluding carboxylic acids is 1. The van der Waals surface area contributed by atoms with Gasteiger partial charge < -0.3 is 10.2 Å². The Kier molecular flexibility index (Phi) is 6.30. The van der Waals surface area contributed by atoms with Crippen molar-refractivity contribution in [3.63, 3.8) is 0 Å². The standard InChI is InChI=1S/C19H25ClN2OS/c1-14-16(20)8-5-9-17(14)21-18(23)22(11-10-19(2,3)4)13-15-7-6-12-24-15/h5-9,12H,10-11,13H2,1-4H3,(H,21,23). The van der Waals surface area contributed by atoms with Crippen molar-refractivity contribution in [3.8, 4) is 0 Å². The lowest BCUT2D eigenvalue weighted by Crippen LogP contribution is -2.36. The van der Waals surface area contributed by atoms with Crippen molar-refractivity contribution in [2.24, 2.45) is 5.41 Å². The van der Waals surface area contributed by atoms with Crippen LogP contribution in [0.5, 0.6) is 0 Å². The van der Waals surface area contributed by atoms with E-state index in [9.17, 15) is 4.79 Å². The Hall–Kier alpha value is -1.52. The lowest BCUT2D eigenvalue weighted by atomic mass is 9.92. The number of nitrogens with one attached hydrogen (secondary N) is 1. The van der Waals surface area contributed by atoms with E-state index in [1.807, 2.05) is 41.5 Å². The van der Waals surface area contributed by atoms with E-state index in [4.69, 9.17) is 11.6 Å². The zero-order valence-corrected chi connectivity index (χ0v) is 16.3. The van der Waals surface area contributed by atoms with Crippen molar-refractivity contribution >= 4 is 34.7 Å². The number of anilines is 1. The summed E-state index contributed by atoms with van der Waals surface area (Å²) in [6.07, 6.45) is 0.945. The minimum atomic E-state index is -0.0852. The molecular formula is C19H25ClN2OS. The highest BCUT2D eigenvalue weighted by atomic mass is 35.5. The summed E-state index contributed by atoms with van der Waals surface area (Å²) in [5, 5.41) is 5.70. The summed E-state index contributed by atoms with van der Waals surface area (Å²) in [6.45, 7) is 9.82. The van der Waals surface area contributed by atoms with Gasteiger partial charge >= 0.3 is 6.03 Å². The first-order chi connectivity index (χ1) is 11.3. The van der Waals surface area contributed by atoms with Crippen LogP contribution < -0.4 is 5.32 Å². The Labute approximate surface area is 153 Å². The molecule has 1 heterocycles. The smallest absolute Gasteiger partial charge is 0.319 e. The van der Waals surface area contributed by atoms with Gasteiger partial charge in [0.05, 0.1) is 6.54 Å². The lowest BCUT2D eigenvalue weighted by Gasteiger charge is -2.27. The van der Waals surface area contributed by atoms with Crippen molar-refractivity contribution in [2.75, 3.05) is 11.9 Å². The van der Waals surface area contributed by atoms with Crippen LogP contribution in [0.4, 0.5) is 10.5 Å².